The molecule has 2 rings (SSSR count). The number of carbonyl (C=O) groups excluding carboxylic acids is 1. The lowest BCUT2D eigenvalue weighted by molar-refractivity contribution is 0.112. The maximum Gasteiger partial charge on any atom is 0.160 e. The molecule has 13 heavy (non-hydrogen) atoms. The largest absolute Gasteiger partial charge is 0.397 e. The molecule has 0 saturated heterocycles. The molecule has 0 aliphatic rings. The lowest BCUT2D eigenvalue weighted by Crippen LogP contribution is -1.87. The number of aryl methyl sites for hydroxylation is 1. The van der Waals surface area contributed by atoms with Gasteiger partial charge < -0.3 is 5.73 Å². The molecule has 3 heteroatoms. The molecule has 0 atom stereocenters. The molecule has 1 aromatic heterocycles. The second-order valence-corrected chi connectivity index (χ2v) is 4.06. The van der Waals surface area contributed by atoms with Crippen molar-refractivity contribution in [3.8, 4) is 0 Å². The zero-order valence-electron chi connectivity index (χ0n) is 7.20. The Morgan fingerprint density at radius 2 is 2.23 bits per heavy atom. The molecule has 0 saturated carbocycles. The number of aldehydes is 1. The van der Waals surface area contributed by atoms with Gasteiger partial charge in [0.1, 0.15) is 0 Å². The molecule has 0 aliphatic carbocycles. The Labute approximate surface area is 80.0 Å². The second-order valence-electron chi connectivity index (χ2n) is 2.98. The maximum atomic E-state index is 10.5. The summed E-state index contributed by atoms with van der Waals surface area (Å²) in [7, 11) is 0. The van der Waals surface area contributed by atoms with E-state index in [1.54, 1.807) is 0 Å². The zero-order valence-corrected chi connectivity index (χ0v) is 8.02. The first-order chi connectivity index (χ1) is 6.22. The van der Waals surface area contributed by atoms with E-state index in [1.807, 2.05) is 25.1 Å². The van der Waals surface area contributed by atoms with E-state index in [2.05, 4.69) is 0 Å². The fourth-order valence-electron chi connectivity index (χ4n) is 1.30. The standard InChI is InChI=1S/C10H9NOS/c1-6-2-3-7-4-8(5-12)13-10(7)9(6)11/h2-5H,11H2,1H3. The lowest BCUT2D eigenvalue weighted by Gasteiger charge is -1.99. The SMILES string of the molecule is Cc1ccc2cc(C=O)sc2c1N. The van der Waals surface area contributed by atoms with Crippen LogP contribution < -0.4 is 5.73 Å². The first kappa shape index (κ1) is 8.26. The number of hydrogen-bond acceptors (Lipinski definition) is 3. The highest BCUT2D eigenvalue weighted by Crippen LogP contribution is 2.31. The summed E-state index contributed by atoms with van der Waals surface area (Å²) < 4.78 is 1.02. The lowest BCUT2D eigenvalue weighted by atomic mass is 10.1. The Morgan fingerprint density at radius 3 is 2.92 bits per heavy atom. The third-order valence-corrected chi connectivity index (χ3v) is 3.19. The van der Waals surface area contributed by atoms with E-state index in [9.17, 15) is 4.79 Å². The van der Waals surface area contributed by atoms with Crippen LogP contribution in [0.3, 0.4) is 0 Å². The van der Waals surface area contributed by atoms with Crippen LogP contribution in [0.1, 0.15) is 15.2 Å². The van der Waals surface area contributed by atoms with Crippen LogP contribution in [0.15, 0.2) is 18.2 Å². The highest BCUT2D eigenvalue weighted by molar-refractivity contribution is 7.21. The Bertz CT molecular complexity index is 473. The van der Waals surface area contributed by atoms with Gasteiger partial charge in [-0.05, 0) is 23.9 Å². The van der Waals surface area contributed by atoms with Crippen LogP contribution in [-0.4, -0.2) is 6.29 Å². The normalized spacial score (nSPS) is 10.5. The first-order valence-electron chi connectivity index (χ1n) is 3.96. The van der Waals surface area contributed by atoms with E-state index < -0.39 is 0 Å². The van der Waals surface area contributed by atoms with Crippen LogP contribution in [-0.2, 0) is 0 Å². The van der Waals surface area contributed by atoms with E-state index in [0.29, 0.717) is 0 Å². The number of benzene rings is 1. The molecule has 0 aliphatic heterocycles. The van der Waals surface area contributed by atoms with Crippen molar-refractivity contribution in [1.82, 2.24) is 0 Å². The topological polar surface area (TPSA) is 43.1 Å². The van der Waals surface area contributed by atoms with E-state index in [-0.39, 0.29) is 0 Å². The minimum absolute atomic E-state index is 0.729. The van der Waals surface area contributed by atoms with Gasteiger partial charge in [0, 0.05) is 0 Å². The average Bonchev–Trinajstić information content (AvgIpc) is 2.55. The highest BCUT2D eigenvalue weighted by Gasteiger charge is 2.05. The van der Waals surface area contributed by atoms with E-state index >= 15 is 0 Å². The van der Waals surface area contributed by atoms with Crippen molar-refractivity contribution >= 4 is 33.4 Å². The van der Waals surface area contributed by atoms with Gasteiger partial charge in [0.2, 0.25) is 0 Å². The molecule has 0 fully saturated rings. The van der Waals surface area contributed by atoms with Gasteiger partial charge in [0.05, 0.1) is 15.3 Å². The third-order valence-electron chi connectivity index (χ3n) is 2.08. The minimum atomic E-state index is 0.729. The predicted molar refractivity (Wildman–Crippen MR) is 56.4 cm³/mol. The number of carbonyl (C=O) groups is 1. The number of nitrogens with two attached hydrogens (primary N) is 1. The van der Waals surface area contributed by atoms with Gasteiger partial charge in [-0.2, -0.15) is 0 Å². The summed E-state index contributed by atoms with van der Waals surface area (Å²) in [4.78, 5) is 11.3. The molecule has 2 nitrogen and oxygen atoms in total. The van der Waals surface area contributed by atoms with E-state index in [1.165, 1.54) is 11.3 Å². The third kappa shape index (κ3) is 1.21. The Morgan fingerprint density at radius 1 is 1.46 bits per heavy atom. The highest BCUT2D eigenvalue weighted by atomic mass is 32.1. The summed E-state index contributed by atoms with van der Waals surface area (Å²) in [5.74, 6) is 0. The Kier molecular flexibility index (Phi) is 1.81. The van der Waals surface area contributed by atoms with Crippen molar-refractivity contribution in [2.45, 2.75) is 6.92 Å². The van der Waals surface area contributed by atoms with Crippen LogP contribution >= 0.6 is 11.3 Å². The summed E-state index contributed by atoms with van der Waals surface area (Å²) in [6.07, 6.45) is 0.861. The van der Waals surface area contributed by atoms with Crippen molar-refractivity contribution in [2.24, 2.45) is 0 Å². The summed E-state index contributed by atoms with van der Waals surface area (Å²) in [6, 6.07) is 5.83. The van der Waals surface area contributed by atoms with Gasteiger partial charge in [0.15, 0.2) is 6.29 Å². The number of nitrogen functional groups attached to an aromatic ring is 1. The van der Waals surface area contributed by atoms with Crippen molar-refractivity contribution in [1.29, 1.82) is 0 Å². The Hall–Kier alpha value is -1.35. The summed E-state index contributed by atoms with van der Waals surface area (Å²) in [6.45, 7) is 1.97. The number of anilines is 1. The maximum absolute atomic E-state index is 10.5. The summed E-state index contributed by atoms with van der Waals surface area (Å²) >= 11 is 1.44. The second kappa shape index (κ2) is 2.85. The van der Waals surface area contributed by atoms with Crippen LogP contribution in [0, 0.1) is 6.92 Å². The molecule has 0 amide bonds. The number of thiophene rings is 1. The van der Waals surface area contributed by atoms with Gasteiger partial charge in [0.25, 0.3) is 0 Å². The molecule has 0 spiro atoms. The number of fused-ring (bicyclic) bond motifs is 1. The van der Waals surface area contributed by atoms with Crippen molar-refractivity contribution < 1.29 is 4.79 Å². The molecule has 1 aromatic carbocycles. The molecule has 0 bridgehead atoms. The van der Waals surface area contributed by atoms with Crippen molar-refractivity contribution in [3.63, 3.8) is 0 Å². The first-order valence-corrected chi connectivity index (χ1v) is 4.78. The summed E-state index contributed by atoms with van der Waals surface area (Å²) in [5.41, 5.74) is 7.73. The number of rotatable bonds is 1. The van der Waals surface area contributed by atoms with Crippen LogP contribution in [0.25, 0.3) is 10.1 Å². The molecule has 1 heterocycles. The van der Waals surface area contributed by atoms with Gasteiger partial charge in [-0.25, -0.2) is 0 Å². The monoisotopic (exact) mass is 191 g/mol. The molecule has 66 valence electrons. The van der Waals surface area contributed by atoms with Gasteiger partial charge in [-0.1, -0.05) is 12.1 Å². The fourth-order valence-corrected chi connectivity index (χ4v) is 2.29. The summed E-state index contributed by atoms with van der Waals surface area (Å²) in [5, 5.41) is 1.05. The van der Waals surface area contributed by atoms with Gasteiger partial charge in [-0.15, -0.1) is 11.3 Å². The smallest absolute Gasteiger partial charge is 0.160 e. The van der Waals surface area contributed by atoms with Crippen molar-refractivity contribution in [3.05, 3.63) is 28.6 Å². The van der Waals surface area contributed by atoms with Gasteiger partial charge >= 0.3 is 0 Å². The fraction of sp³-hybridized carbons (Fsp3) is 0.100. The molecular formula is C10H9NOS. The minimum Gasteiger partial charge on any atom is -0.397 e. The van der Waals surface area contributed by atoms with Crippen LogP contribution in [0.5, 0.6) is 0 Å². The molecule has 2 N–H and O–H groups in total. The van der Waals surface area contributed by atoms with Crippen LogP contribution in [0.4, 0.5) is 5.69 Å². The van der Waals surface area contributed by atoms with Crippen molar-refractivity contribution in [2.75, 3.05) is 5.73 Å². The van der Waals surface area contributed by atoms with E-state index in [0.717, 1.165) is 32.5 Å². The predicted octanol–water partition coefficient (Wildman–Crippen LogP) is 2.60. The number of hydrogen-bond donors (Lipinski definition) is 1. The average molecular weight is 191 g/mol. The van der Waals surface area contributed by atoms with Gasteiger partial charge in [-0.3, -0.25) is 4.79 Å². The quantitative estimate of drug-likeness (QED) is 0.556. The molecule has 2 aromatic rings. The zero-order chi connectivity index (χ0) is 9.42. The van der Waals surface area contributed by atoms with E-state index in [4.69, 9.17) is 5.73 Å². The molecule has 0 radical (unpaired) electrons. The molecular weight excluding hydrogens is 182 g/mol. The molecule has 0 unspecified atom stereocenters. The van der Waals surface area contributed by atoms with Crippen LogP contribution in [0.2, 0.25) is 0 Å². The Balaban J connectivity index is 2.83.